The van der Waals surface area contributed by atoms with Crippen LogP contribution in [0.1, 0.15) is 13.8 Å². The molecule has 0 fully saturated rings. The standard InChI is InChI=1S/C10H12BrClN2/c1-6(2)10(13)14-9-5-7(11)3-4-8(9)12/h3-6H,1-2H3,(H2,13,14). The minimum absolute atomic E-state index is 0.227. The van der Waals surface area contributed by atoms with Gasteiger partial charge in [0, 0.05) is 10.4 Å². The van der Waals surface area contributed by atoms with Gasteiger partial charge in [-0.1, -0.05) is 41.4 Å². The summed E-state index contributed by atoms with van der Waals surface area (Å²) in [4.78, 5) is 4.25. The third-order valence-corrected chi connectivity index (χ3v) is 2.56. The van der Waals surface area contributed by atoms with E-state index in [-0.39, 0.29) is 5.92 Å². The van der Waals surface area contributed by atoms with E-state index in [4.69, 9.17) is 17.3 Å². The summed E-state index contributed by atoms with van der Waals surface area (Å²) in [5.41, 5.74) is 6.44. The highest BCUT2D eigenvalue weighted by Crippen LogP contribution is 2.28. The summed E-state index contributed by atoms with van der Waals surface area (Å²) in [5, 5.41) is 0.608. The van der Waals surface area contributed by atoms with Gasteiger partial charge in [0.1, 0.15) is 5.84 Å². The molecule has 0 aliphatic heterocycles. The van der Waals surface area contributed by atoms with Gasteiger partial charge in [-0.15, -0.1) is 0 Å². The molecule has 2 N–H and O–H groups in total. The number of halogens is 2. The van der Waals surface area contributed by atoms with Gasteiger partial charge >= 0.3 is 0 Å². The van der Waals surface area contributed by atoms with Gasteiger partial charge in [0.15, 0.2) is 0 Å². The molecule has 1 aromatic rings. The molecule has 0 spiro atoms. The van der Waals surface area contributed by atoms with Gasteiger partial charge in [0.05, 0.1) is 10.7 Å². The predicted molar refractivity (Wildman–Crippen MR) is 65.3 cm³/mol. The van der Waals surface area contributed by atoms with Crippen LogP contribution in [0.25, 0.3) is 0 Å². The van der Waals surface area contributed by atoms with Crippen molar-refractivity contribution in [2.75, 3.05) is 0 Å². The zero-order valence-corrected chi connectivity index (χ0v) is 10.4. The summed E-state index contributed by atoms with van der Waals surface area (Å²) >= 11 is 9.32. The normalized spacial score (nSPS) is 12.2. The second kappa shape index (κ2) is 4.80. The van der Waals surface area contributed by atoms with Crippen molar-refractivity contribution >= 4 is 39.1 Å². The number of nitrogens with two attached hydrogens (primary N) is 1. The number of aliphatic imine (C=N–C) groups is 1. The highest BCUT2D eigenvalue weighted by Gasteiger charge is 2.03. The van der Waals surface area contributed by atoms with Gasteiger partial charge in [0.2, 0.25) is 0 Å². The third kappa shape index (κ3) is 3.00. The van der Waals surface area contributed by atoms with Crippen LogP contribution in [-0.2, 0) is 0 Å². The topological polar surface area (TPSA) is 38.4 Å². The summed E-state index contributed by atoms with van der Waals surface area (Å²) in [5.74, 6) is 0.815. The van der Waals surface area contributed by atoms with Crippen LogP contribution in [0.5, 0.6) is 0 Å². The average Bonchev–Trinajstić information content (AvgIpc) is 2.11. The smallest absolute Gasteiger partial charge is 0.102 e. The molecule has 14 heavy (non-hydrogen) atoms. The maximum absolute atomic E-state index is 5.96. The van der Waals surface area contributed by atoms with Crippen LogP contribution in [0.15, 0.2) is 27.7 Å². The van der Waals surface area contributed by atoms with Crippen LogP contribution in [0, 0.1) is 5.92 Å². The molecule has 0 atom stereocenters. The van der Waals surface area contributed by atoms with Gasteiger partial charge in [0.25, 0.3) is 0 Å². The first kappa shape index (κ1) is 11.5. The molecule has 0 radical (unpaired) electrons. The van der Waals surface area contributed by atoms with E-state index in [1.54, 1.807) is 6.07 Å². The monoisotopic (exact) mass is 274 g/mol. The molecular formula is C10H12BrClN2. The average molecular weight is 276 g/mol. The summed E-state index contributed by atoms with van der Waals surface area (Å²) < 4.78 is 0.942. The minimum Gasteiger partial charge on any atom is -0.387 e. The Kier molecular flexibility index (Phi) is 3.96. The lowest BCUT2D eigenvalue weighted by molar-refractivity contribution is 0.873. The van der Waals surface area contributed by atoms with Gasteiger partial charge in [-0.05, 0) is 18.2 Å². The van der Waals surface area contributed by atoms with E-state index in [9.17, 15) is 0 Å². The lowest BCUT2D eigenvalue weighted by Gasteiger charge is -2.05. The zero-order valence-electron chi connectivity index (χ0n) is 8.09. The van der Waals surface area contributed by atoms with Crippen LogP contribution >= 0.6 is 27.5 Å². The molecule has 0 aromatic heterocycles. The summed E-state index contributed by atoms with van der Waals surface area (Å²) in [6, 6.07) is 5.50. The molecule has 0 saturated carbocycles. The van der Waals surface area contributed by atoms with Crippen molar-refractivity contribution in [1.29, 1.82) is 0 Å². The van der Waals surface area contributed by atoms with Crippen molar-refractivity contribution in [3.63, 3.8) is 0 Å². The number of hydrogen-bond acceptors (Lipinski definition) is 1. The molecule has 0 saturated heterocycles. The molecule has 0 aliphatic carbocycles. The van der Waals surface area contributed by atoms with E-state index in [1.165, 1.54) is 0 Å². The van der Waals surface area contributed by atoms with E-state index in [0.717, 1.165) is 4.47 Å². The van der Waals surface area contributed by atoms with Crippen LogP contribution in [-0.4, -0.2) is 5.84 Å². The first-order valence-electron chi connectivity index (χ1n) is 4.30. The van der Waals surface area contributed by atoms with Crippen molar-refractivity contribution in [2.45, 2.75) is 13.8 Å². The van der Waals surface area contributed by atoms with Gasteiger partial charge in [-0.3, -0.25) is 0 Å². The number of hydrogen-bond donors (Lipinski definition) is 1. The maximum Gasteiger partial charge on any atom is 0.102 e. The van der Waals surface area contributed by atoms with Gasteiger partial charge < -0.3 is 5.73 Å². The quantitative estimate of drug-likeness (QED) is 0.648. The summed E-state index contributed by atoms with van der Waals surface area (Å²) in [7, 11) is 0. The Morgan fingerprint density at radius 3 is 2.71 bits per heavy atom. The van der Waals surface area contributed by atoms with Gasteiger partial charge in [-0.2, -0.15) is 0 Å². The third-order valence-electron chi connectivity index (χ3n) is 1.75. The number of rotatable bonds is 2. The highest BCUT2D eigenvalue weighted by atomic mass is 79.9. The van der Waals surface area contributed by atoms with Crippen LogP contribution in [0.2, 0.25) is 5.02 Å². The predicted octanol–water partition coefficient (Wildman–Crippen LogP) is 3.75. The van der Waals surface area contributed by atoms with Crippen molar-refractivity contribution in [3.8, 4) is 0 Å². The van der Waals surface area contributed by atoms with E-state index < -0.39 is 0 Å². The van der Waals surface area contributed by atoms with Crippen LogP contribution in [0.4, 0.5) is 5.69 Å². The molecular weight excluding hydrogens is 263 g/mol. The number of amidine groups is 1. The van der Waals surface area contributed by atoms with Crippen molar-refractivity contribution in [3.05, 3.63) is 27.7 Å². The van der Waals surface area contributed by atoms with Crippen LogP contribution < -0.4 is 5.73 Å². The summed E-state index contributed by atoms with van der Waals surface area (Å²) in [6.07, 6.45) is 0. The molecule has 0 bridgehead atoms. The maximum atomic E-state index is 5.96. The Bertz CT molecular complexity index is 361. The Balaban J connectivity index is 3.07. The molecule has 0 unspecified atom stereocenters. The first-order valence-corrected chi connectivity index (χ1v) is 5.47. The zero-order chi connectivity index (χ0) is 10.7. The van der Waals surface area contributed by atoms with Crippen LogP contribution in [0.3, 0.4) is 0 Å². The molecule has 1 aromatic carbocycles. The molecule has 4 heteroatoms. The Morgan fingerprint density at radius 1 is 1.50 bits per heavy atom. The van der Waals surface area contributed by atoms with E-state index in [1.807, 2.05) is 26.0 Å². The Morgan fingerprint density at radius 2 is 2.14 bits per heavy atom. The molecule has 76 valence electrons. The second-order valence-electron chi connectivity index (χ2n) is 3.29. The number of nitrogens with zero attached hydrogens (tertiary/aromatic N) is 1. The van der Waals surface area contributed by atoms with E-state index in [2.05, 4.69) is 20.9 Å². The fourth-order valence-corrected chi connectivity index (χ4v) is 1.35. The minimum atomic E-state index is 0.227. The second-order valence-corrected chi connectivity index (χ2v) is 4.61. The molecule has 0 amide bonds. The van der Waals surface area contributed by atoms with Gasteiger partial charge in [-0.25, -0.2) is 4.99 Å². The molecule has 2 nitrogen and oxygen atoms in total. The van der Waals surface area contributed by atoms with Crippen molar-refractivity contribution in [1.82, 2.24) is 0 Å². The Labute approximate surface area is 97.3 Å². The fourth-order valence-electron chi connectivity index (χ4n) is 0.840. The van der Waals surface area contributed by atoms with E-state index in [0.29, 0.717) is 16.5 Å². The highest BCUT2D eigenvalue weighted by molar-refractivity contribution is 9.10. The van der Waals surface area contributed by atoms with E-state index >= 15 is 0 Å². The lowest BCUT2D eigenvalue weighted by Crippen LogP contribution is -2.18. The SMILES string of the molecule is CC(C)C(N)=Nc1cc(Br)ccc1Cl. The fraction of sp³-hybridized carbons (Fsp3) is 0.300. The van der Waals surface area contributed by atoms with Crippen molar-refractivity contribution < 1.29 is 0 Å². The molecule has 0 aliphatic rings. The Hall–Kier alpha value is -0.540. The van der Waals surface area contributed by atoms with Crippen molar-refractivity contribution in [2.24, 2.45) is 16.6 Å². The largest absolute Gasteiger partial charge is 0.387 e. The molecule has 1 rings (SSSR count). The summed E-state index contributed by atoms with van der Waals surface area (Å²) in [6.45, 7) is 3.98. The first-order chi connectivity index (χ1) is 6.50. The molecule has 0 heterocycles. The number of benzene rings is 1. The lowest BCUT2D eigenvalue weighted by atomic mass is 10.2.